The van der Waals surface area contributed by atoms with Crippen molar-refractivity contribution in [3.05, 3.63) is 20.8 Å². The van der Waals surface area contributed by atoms with Crippen LogP contribution in [0.4, 0.5) is 0 Å². The quantitative estimate of drug-likeness (QED) is 0.859. The second-order valence-electron chi connectivity index (χ2n) is 3.79. The highest BCUT2D eigenvalue weighted by Crippen LogP contribution is 2.31. The van der Waals surface area contributed by atoms with Crippen LogP contribution in [0.2, 0.25) is 0 Å². The van der Waals surface area contributed by atoms with Crippen LogP contribution in [0, 0.1) is 0 Å². The van der Waals surface area contributed by atoms with Crippen molar-refractivity contribution in [3.63, 3.8) is 0 Å². The highest BCUT2D eigenvalue weighted by Gasteiger charge is 2.09. The molecule has 0 aliphatic carbocycles. The van der Waals surface area contributed by atoms with Gasteiger partial charge in [0.15, 0.2) is 0 Å². The van der Waals surface area contributed by atoms with Gasteiger partial charge in [0.05, 0.1) is 3.79 Å². The molecule has 80 valence electrons. The van der Waals surface area contributed by atoms with Crippen LogP contribution in [0.15, 0.2) is 15.9 Å². The average molecular weight is 276 g/mol. The summed E-state index contributed by atoms with van der Waals surface area (Å²) < 4.78 is 1.22. The Balaban J connectivity index is 2.39. The molecule has 0 spiro atoms. The van der Waals surface area contributed by atoms with Gasteiger partial charge in [0, 0.05) is 10.9 Å². The number of thiophene rings is 1. The van der Waals surface area contributed by atoms with Crippen molar-refractivity contribution < 1.29 is 0 Å². The molecule has 0 radical (unpaired) electrons. The standard InChI is InChI=1S/C11H18BrNS/c1-3-9(13)5-4-8(2)10-6-7-11(12)14-10/h6-9H,3-5,13H2,1-2H3. The molecule has 0 aliphatic heterocycles. The van der Waals surface area contributed by atoms with Crippen molar-refractivity contribution in [2.24, 2.45) is 5.73 Å². The fraction of sp³-hybridized carbons (Fsp3) is 0.636. The number of hydrogen-bond donors (Lipinski definition) is 1. The first-order valence-corrected chi connectivity index (χ1v) is 6.75. The summed E-state index contributed by atoms with van der Waals surface area (Å²) in [7, 11) is 0. The third kappa shape index (κ3) is 3.71. The predicted octanol–water partition coefficient (Wildman–Crippen LogP) is 4.13. The molecule has 0 aromatic carbocycles. The Labute approximate surface area is 98.8 Å². The van der Waals surface area contributed by atoms with Crippen LogP contribution in [0.3, 0.4) is 0 Å². The average Bonchev–Trinajstić information content (AvgIpc) is 2.60. The zero-order valence-corrected chi connectivity index (χ0v) is 11.2. The normalized spacial score (nSPS) is 15.4. The summed E-state index contributed by atoms with van der Waals surface area (Å²) in [6.07, 6.45) is 3.41. The van der Waals surface area contributed by atoms with Gasteiger partial charge in [-0.1, -0.05) is 13.8 Å². The molecule has 0 saturated heterocycles. The summed E-state index contributed by atoms with van der Waals surface area (Å²) >= 11 is 5.32. The van der Waals surface area contributed by atoms with Crippen LogP contribution in [0.5, 0.6) is 0 Å². The predicted molar refractivity (Wildman–Crippen MR) is 67.9 cm³/mol. The molecule has 2 unspecified atom stereocenters. The summed E-state index contributed by atoms with van der Waals surface area (Å²) in [6, 6.07) is 4.70. The van der Waals surface area contributed by atoms with E-state index in [1.165, 1.54) is 15.1 Å². The van der Waals surface area contributed by atoms with E-state index in [-0.39, 0.29) is 0 Å². The summed E-state index contributed by atoms with van der Waals surface area (Å²) in [6.45, 7) is 4.43. The maximum atomic E-state index is 5.90. The lowest BCUT2D eigenvalue weighted by Gasteiger charge is -2.12. The van der Waals surface area contributed by atoms with E-state index >= 15 is 0 Å². The summed E-state index contributed by atoms with van der Waals surface area (Å²) in [4.78, 5) is 1.46. The van der Waals surface area contributed by atoms with Crippen molar-refractivity contribution in [1.29, 1.82) is 0 Å². The lowest BCUT2D eigenvalue weighted by molar-refractivity contribution is 0.534. The lowest BCUT2D eigenvalue weighted by atomic mass is 9.99. The van der Waals surface area contributed by atoms with Gasteiger partial charge in [-0.15, -0.1) is 11.3 Å². The van der Waals surface area contributed by atoms with E-state index in [1.54, 1.807) is 0 Å². The van der Waals surface area contributed by atoms with Gasteiger partial charge in [-0.2, -0.15) is 0 Å². The second-order valence-corrected chi connectivity index (χ2v) is 6.28. The Morgan fingerprint density at radius 2 is 2.14 bits per heavy atom. The van der Waals surface area contributed by atoms with Crippen molar-refractivity contribution in [1.82, 2.24) is 0 Å². The van der Waals surface area contributed by atoms with E-state index in [1.807, 2.05) is 11.3 Å². The molecule has 1 rings (SSSR count). The van der Waals surface area contributed by atoms with E-state index in [0.717, 1.165) is 12.8 Å². The molecule has 0 aliphatic rings. The molecule has 14 heavy (non-hydrogen) atoms. The van der Waals surface area contributed by atoms with E-state index in [0.29, 0.717) is 12.0 Å². The van der Waals surface area contributed by atoms with Gasteiger partial charge >= 0.3 is 0 Å². The maximum Gasteiger partial charge on any atom is 0.0701 e. The van der Waals surface area contributed by atoms with E-state index in [2.05, 4.69) is 41.9 Å². The van der Waals surface area contributed by atoms with Crippen LogP contribution in [0.1, 0.15) is 43.9 Å². The topological polar surface area (TPSA) is 26.0 Å². The van der Waals surface area contributed by atoms with E-state index in [4.69, 9.17) is 5.73 Å². The summed E-state index contributed by atoms with van der Waals surface area (Å²) in [5, 5.41) is 0. The zero-order chi connectivity index (χ0) is 10.6. The molecule has 1 aromatic heterocycles. The smallest absolute Gasteiger partial charge is 0.0701 e. The van der Waals surface area contributed by atoms with Gasteiger partial charge in [-0.3, -0.25) is 0 Å². The molecule has 1 aromatic rings. The maximum absolute atomic E-state index is 5.90. The highest BCUT2D eigenvalue weighted by molar-refractivity contribution is 9.11. The third-order valence-corrected chi connectivity index (χ3v) is 4.43. The Kier molecular flexibility index (Phi) is 5.13. The van der Waals surface area contributed by atoms with Gasteiger partial charge in [0.25, 0.3) is 0 Å². The molecule has 0 bridgehead atoms. The van der Waals surface area contributed by atoms with E-state index < -0.39 is 0 Å². The molecule has 0 amide bonds. The fourth-order valence-corrected chi connectivity index (χ4v) is 2.91. The van der Waals surface area contributed by atoms with Gasteiger partial charge in [-0.25, -0.2) is 0 Å². The lowest BCUT2D eigenvalue weighted by Crippen LogP contribution is -2.18. The van der Waals surface area contributed by atoms with Crippen molar-refractivity contribution >= 4 is 27.3 Å². The molecule has 1 nitrogen and oxygen atoms in total. The van der Waals surface area contributed by atoms with Gasteiger partial charge in [0.1, 0.15) is 0 Å². The Bertz CT molecular complexity index is 272. The first-order valence-electron chi connectivity index (χ1n) is 5.14. The molecule has 3 heteroatoms. The molecule has 2 atom stereocenters. The number of nitrogens with two attached hydrogens (primary N) is 1. The van der Waals surface area contributed by atoms with Crippen LogP contribution in [-0.2, 0) is 0 Å². The molecular formula is C11H18BrNS. The summed E-state index contributed by atoms with van der Waals surface area (Å²) in [5.74, 6) is 0.642. The minimum absolute atomic E-state index is 0.376. The summed E-state index contributed by atoms with van der Waals surface area (Å²) in [5.41, 5.74) is 5.90. The molecule has 0 saturated carbocycles. The Hall–Kier alpha value is 0.140. The first kappa shape index (κ1) is 12.2. The molecular weight excluding hydrogens is 258 g/mol. The Morgan fingerprint density at radius 3 is 2.64 bits per heavy atom. The third-order valence-electron chi connectivity index (χ3n) is 2.57. The zero-order valence-electron chi connectivity index (χ0n) is 8.79. The molecule has 1 heterocycles. The minimum Gasteiger partial charge on any atom is -0.328 e. The largest absolute Gasteiger partial charge is 0.328 e. The molecule has 0 fully saturated rings. The van der Waals surface area contributed by atoms with Crippen LogP contribution < -0.4 is 5.73 Å². The SMILES string of the molecule is CCC(N)CCC(C)c1ccc(Br)s1. The molecule has 2 N–H and O–H groups in total. The Morgan fingerprint density at radius 1 is 1.43 bits per heavy atom. The van der Waals surface area contributed by atoms with Crippen LogP contribution in [0.25, 0.3) is 0 Å². The van der Waals surface area contributed by atoms with Gasteiger partial charge in [-0.05, 0) is 53.2 Å². The van der Waals surface area contributed by atoms with Crippen LogP contribution in [-0.4, -0.2) is 6.04 Å². The first-order chi connectivity index (χ1) is 6.63. The number of rotatable bonds is 5. The van der Waals surface area contributed by atoms with Crippen molar-refractivity contribution in [2.45, 2.75) is 45.1 Å². The van der Waals surface area contributed by atoms with Crippen molar-refractivity contribution in [2.75, 3.05) is 0 Å². The minimum atomic E-state index is 0.376. The second kappa shape index (κ2) is 5.89. The monoisotopic (exact) mass is 275 g/mol. The van der Waals surface area contributed by atoms with Gasteiger partial charge in [0.2, 0.25) is 0 Å². The van der Waals surface area contributed by atoms with Gasteiger partial charge < -0.3 is 5.73 Å². The number of halogens is 1. The fourth-order valence-electron chi connectivity index (χ4n) is 1.40. The number of hydrogen-bond acceptors (Lipinski definition) is 2. The van der Waals surface area contributed by atoms with Crippen LogP contribution >= 0.6 is 27.3 Å². The van der Waals surface area contributed by atoms with E-state index in [9.17, 15) is 0 Å². The highest BCUT2D eigenvalue weighted by atomic mass is 79.9. The van der Waals surface area contributed by atoms with Crippen molar-refractivity contribution in [3.8, 4) is 0 Å².